The first kappa shape index (κ1) is 19.6. The van der Waals surface area contributed by atoms with Gasteiger partial charge in [0.05, 0.1) is 10.8 Å². The topological polar surface area (TPSA) is 75.2 Å². The summed E-state index contributed by atoms with van der Waals surface area (Å²) < 4.78 is 1.11. The molecular formula is C22H25N3O3. The summed E-state index contributed by atoms with van der Waals surface area (Å²) in [7, 11) is 0. The lowest BCUT2D eigenvalue weighted by molar-refractivity contribution is -0.132. The quantitative estimate of drug-likeness (QED) is 0.685. The molecule has 1 heterocycles. The number of nitrogens with one attached hydrogen (secondary N) is 1. The van der Waals surface area contributed by atoms with Crippen LogP contribution < -0.4 is 11.1 Å². The first-order chi connectivity index (χ1) is 13.5. The predicted octanol–water partition coefficient (Wildman–Crippen LogP) is 2.42. The molecular weight excluding hydrogens is 354 g/mol. The van der Waals surface area contributed by atoms with Gasteiger partial charge in [-0.3, -0.25) is 19.5 Å². The number of aromatic amines is 1. The second-order valence-corrected chi connectivity index (χ2v) is 7.35. The molecule has 6 nitrogen and oxygen atoms in total. The maximum Gasteiger partial charge on any atom is 0.273 e. The number of nitrogens with zero attached hydrogens (tertiary/aromatic N) is 2. The van der Waals surface area contributed by atoms with Crippen molar-refractivity contribution < 1.29 is 4.79 Å². The van der Waals surface area contributed by atoms with Crippen molar-refractivity contribution >= 4 is 16.7 Å². The van der Waals surface area contributed by atoms with Gasteiger partial charge in [-0.2, -0.15) is 0 Å². The summed E-state index contributed by atoms with van der Waals surface area (Å²) >= 11 is 0. The van der Waals surface area contributed by atoms with Crippen molar-refractivity contribution in [3.8, 4) is 0 Å². The van der Waals surface area contributed by atoms with Crippen LogP contribution in [0.15, 0.2) is 64.2 Å². The number of fused-ring (bicyclic) bond motifs is 1. The Kier molecular flexibility index (Phi) is 6.09. The summed E-state index contributed by atoms with van der Waals surface area (Å²) in [6.07, 6.45) is 0.739. The molecule has 1 N–H and O–H groups in total. The molecule has 0 radical (unpaired) electrons. The van der Waals surface area contributed by atoms with Gasteiger partial charge in [0.15, 0.2) is 0 Å². The monoisotopic (exact) mass is 379 g/mol. The van der Waals surface area contributed by atoms with E-state index in [-0.39, 0.29) is 23.6 Å². The van der Waals surface area contributed by atoms with Crippen LogP contribution in [-0.4, -0.2) is 33.7 Å². The number of aromatic nitrogens is 2. The Balaban J connectivity index is 1.81. The number of amides is 1. The van der Waals surface area contributed by atoms with Gasteiger partial charge in [0.25, 0.3) is 11.1 Å². The highest BCUT2D eigenvalue weighted by Crippen LogP contribution is 2.06. The molecule has 28 heavy (non-hydrogen) atoms. The number of benzene rings is 2. The Morgan fingerprint density at radius 1 is 1.00 bits per heavy atom. The van der Waals surface area contributed by atoms with Crippen LogP contribution in [-0.2, 0) is 17.8 Å². The largest absolute Gasteiger partial charge is 0.341 e. The SMILES string of the molecule is CC(C)CN(CCc1ccccc1)C(=O)Cn1[nH]c(=O)c2ccccc2c1=O. The Morgan fingerprint density at radius 2 is 1.64 bits per heavy atom. The molecule has 1 aromatic heterocycles. The highest BCUT2D eigenvalue weighted by Gasteiger charge is 2.17. The van der Waals surface area contributed by atoms with Crippen molar-refractivity contribution in [2.24, 2.45) is 5.92 Å². The molecule has 0 saturated heterocycles. The Hall–Kier alpha value is -3.15. The second-order valence-electron chi connectivity index (χ2n) is 7.35. The molecule has 0 fully saturated rings. The summed E-state index contributed by atoms with van der Waals surface area (Å²) in [6, 6.07) is 16.6. The van der Waals surface area contributed by atoms with Gasteiger partial charge in [0.1, 0.15) is 6.54 Å². The Bertz CT molecular complexity index is 1070. The fourth-order valence-electron chi connectivity index (χ4n) is 3.26. The predicted molar refractivity (Wildman–Crippen MR) is 110 cm³/mol. The molecule has 0 unspecified atom stereocenters. The van der Waals surface area contributed by atoms with E-state index >= 15 is 0 Å². The van der Waals surface area contributed by atoms with E-state index < -0.39 is 0 Å². The maximum absolute atomic E-state index is 12.9. The zero-order chi connectivity index (χ0) is 20.1. The zero-order valence-electron chi connectivity index (χ0n) is 16.2. The van der Waals surface area contributed by atoms with E-state index in [9.17, 15) is 14.4 Å². The van der Waals surface area contributed by atoms with Crippen LogP contribution in [0.5, 0.6) is 0 Å². The van der Waals surface area contributed by atoms with Crippen LogP contribution in [0.4, 0.5) is 0 Å². The molecule has 0 saturated carbocycles. The standard InChI is InChI=1S/C22H25N3O3/c1-16(2)14-24(13-12-17-8-4-3-5-9-17)20(26)15-25-22(28)19-11-7-6-10-18(19)21(27)23-25/h3-11,16H,12-15H2,1-2H3,(H,23,27). The molecule has 0 aliphatic rings. The molecule has 3 aromatic rings. The molecule has 0 atom stereocenters. The minimum absolute atomic E-state index is 0.180. The van der Waals surface area contributed by atoms with Crippen LogP contribution in [0.2, 0.25) is 0 Å². The number of hydrogen-bond donors (Lipinski definition) is 1. The van der Waals surface area contributed by atoms with E-state index in [1.807, 2.05) is 44.2 Å². The number of carbonyl (C=O) groups excluding carboxylic acids is 1. The minimum Gasteiger partial charge on any atom is -0.341 e. The summed E-state index contributed by atoms with van der Waals surface area (Å²) in [5.41, 5.74) is 0.416. The van der Waals surface area contributed by atoms with Crippen molar-refractivity contribution in [1.29, 1.82) is 0 Å². The molecule has 0 bridgehead atoms. The zero-order valence-corrected chi connectivity index (χ0v) is 16.2. The van der Waals surface area contributed by atoms with E-state index in [4.69, 9.17) is 0 Å². The van der Waals surface area contributed by atoms with Gasteiger partial charge in [-0.1, -0.05) is 56.3 Å². The molecule has 2 aromatic carbocycles. The third-order valence-electron chi connectivity index (χ3n) is 4.63. The van der Waals surface area contributed by atoms with Crippen molar-refractivity contribution in [1.82, 2.24) is 14.7 Å². The lowest BCUT2D eigenvalue weighted by atomic mass is 10.1. The van der Waals surface area contributed by atoms with Gasteiger partial charge in [-0.25, -0.2) is 4.68 Å². The average molecular weight is 379 g/mol. The van der Waals surface area contributed by atoms with Crippen LogP contribution in [0.1, 0.15) is 19.4 Å². The highest BCUT2D eigenvalue weighted by atomic mass is 16.2. The molecule has 6 heteroatoms. The molecule has 3 rings (SSSR count). The van der Waals surface area contributed by atoms with E-state index in [2.05, 4.69) is 5.10 Å². The van der Waals surface area contributed by atoms with Gasteiger partial charge < -0.3 is 4.90 Å². The number of carbonyl (C=O) groups is 1. The lowest BCUT2D eigenvalue weighted by Crippen LogP contribution is -2.41. The summed E-state index contributed by atoms with van der Waals surface area (Å²) in [5.74, 6) is 0.116. The number of rotatable bonds is 7. The Labute approximate surface area is 163 Å². The van der Waals surface area contributed by atoms with E-state index in [0.717, 1.165) is 16.7 Å². The third-order valence-corrected chi connectivity index (χ3v) is 4.63. The molecule has 1 amide bonds. The van der Waals surface area contributed by atoms with Crippen molar-refractivity contribution in [3.63, 3.8) is 0 Å². The van der Waals surface area contributed by atoms with Crippen LogP contribution in [0.25, 0.3) is 10.8 Å². The summed E-state index contributed by atoms with van der Waals surface area (Å²) in [6.45, 7) is 5.08. The van der Waals surface area contributed by atoms with Crippen molar-refractivity contribution in [3.05, 3.63) is 80.9 Å². The first-order valence-corrected chi connectivity index (χ1v) is 9.49. The summed E-state index contributed by atoms with van der Waals surface area (Å²) in [4.78, 5) is 39.6. The minimum atomic E-state index is -0.373. The van der Waals surface area contributed by atoms with E-state index in [1.165, 1.54) is 0 Å². The van der Waals surface area contributed by atoms with Crippen molar-refractivity contribution in [2.45, 2.75) is 26.8 Å². The maximum atomic E-state index is 12.9. The average Bonchev–Trinajstić information content (AvgIpc) is 2.69. The van der Waals surface area contributed by atoms with Crippen LogP contribution in [0.3, 0.4) is 0 Å². The van der Waals surface area contributed by atoms with E-state index in [0.29, 0.717) is 29.8 Å². The number of H-pyrrole nitrogens is 1. The van der Waals surface area contributed by atoms with Gasteiger partial charge in [-0.05, 0) is 30.0 Å². The van der Waals surface area contributed by atoms with Gasteiger partial charge in [-0.15, -0.1) is 0 Å². The molecule has 0 aliphatic heterocycles. The Morgan fingerprint density at radius 3 is 2.32 bits per heavy atom. The molecule has 0 spiro atoms. The third kappa shape index (κ3) is 4.57. The molecule has 0 aliphatic carbocycles. The summed E-state index contributed by atoms with van der Waals surface area (Å²) in [5, 5.41) is 3.18. The smallest absolute Gasteiger partial charge is 0.273 e. The van der Waals surface area contributed by atoms with Gasteiger partial charge in [0, 0.05) is 13.1 Å². The highest BCUT2D eigenvalue weighted by molar-refractivity contribution is 5.81. The molecule has 146 valence electrons. The first-order valence-electron chi connectivity index (χ1n) is 9.49. The van der Waals surface area contributed by atoms with Crippen LogP contribution in [0, 0.1) is 5.92 Å². The number of hydrogen-bond acceptors (Lipinski definition) is 3. The normalized spacial score (nSPS) is 11.1. The van der Waals surface area contributed by atoms with Crippen molar-refractivity contribution in [2.75, 3.05) is 13.1 Å². The van der Waals surface area contributed by atoms with Gasteiger partial charge >= 0.3 is 0 Å². The fraction of sp³-hybridized carbons (Fsp3) is 0.318. The van der Waals surface area contributed by atoms with E-state index in [1.54, 1.807) is 29.2 Å². The lowest BCUT2D eigenvalue weighted by Gasteiger charge is -2.25. The van der Waals surface area contributed by atoms with Crippen LogP contribution >= 0.6 is 0 Å². The van der Waals surface area contributed by atoms with Gasteiger partial charge in [0.2, 0.25) is 5.91 Å². The fourth-order valence-corrected chi connectivity index (χ4v) is 3.26. The second kappa shape index (κ2) is 8.69.